The minimum Gasteiger partial charge on any atom is -0.455 e. The van der Waals surface area contributed by atoms with Crippen molar-refractivity contribution in [1.29, 1.82) is 0 Å². The highest BCUT2D eigenvalue weighted by molar-refractivity contribution is 7.12. The molecule has 0 radical (unpaired) electrons. The molecule has 7 heteroatoms. The third-order valence-corrected chi connectivity index (χ3v) is 6.92. The van der Waals surface area contributed by atoms with Gasteiger partial charge in [-0.05, 0) is 52.9 Å². The van der Waals surface area contributed by atoms with Crippen molar-refractivity contribution < 1.29 is 9.53 Å². The Morgan fingerprint density at radius 2 is 1.81 bits per heavy atom. The molecule has 0 fully saturated rings. The number of rotatable bonds is 3. The Balaban J connectivity index is 1.62. The second-order valence-corrected chi connectivity index (χ2v) is 8.95. The molecule has 5 nitrogen and oxygen atoms in total. The van der Waals surface area contributed by atoms with Crippen LogP contribution in [0, 0.1) is 0 Å². The number of hydrogen-bond acceptors (Lipinski definition) is 6. The van der Waals surface area contributed by atoms with E-state index >= 15 is 0 Å². The van der Waals surface area contributed by atoms with E-state index in [2.05, 4.69) is 4.98 Å². The highest BCUT2D eigenvalue weighted by Gasteiger charge is 2.64. The number of ether oxygens (including phenoxy) is 1. The quantitative estimate of drug-likeness (QED) is 0.391. The zero-order valence-electron chi connectivity index (χ0n) is 16.7. The van der Waals surface area contributed by atoms with Gasteiger partial charge in [0.05, 0.1) is 17.3 Å². The Labute approximate surface area is 193 Å². The normalized spacial score (nSPS) is 21.5. The lowest BCUT2D eigenvalue weighted by molar-refractivity contribution is 0.0547. The van der Waals surface area contributed by atoms with Crippen LogP contribution >= 0.6 is 22.9 Å². The summed E-state index contributed by atoms with van der Waals surface area (Å²) in [6.45, 7) is 0. The Morgan fingerprint density at radius 1 is 1.00 bits per heavy atom. The summed E-state index contributed by atoms with van der Waals surface area (Å²) >= 11 is 7.54. The van der Waals surface area contributed by atoms with Gasteiger partial charge in [0, 0.05) is 17.4 Å². The molecular formula is C25H16ClN3O2S. The third kappa shape index (κ3) is 2.73. The summed E-state index contributed by atoms with van der Waals surface area (Å²) in [5.74, 6) is -0.0139. The topological polar surface area (TPSA) is 54.8 Å². The fourth-order valence-electron chi connectivity index (χ4n) is 4.39. The molecule has 4 heterocycles. The first-order valence-electron chi connectivity index (χ1n) is 10.1. The first-order valence-corrected chi connectivity index (χ1v) is 11.4. The van der Waals surface area contributed by atoms with E-state index in [9.17, 15) is 4.79 Å². The summed E-state index contributed by atoms with van der Waals surface area (Å²) in [5.41, 5.74) is 1.84. The van der Waals surface area contributed by atoms with Crippen LogP contribution in [0.25, 0.3) is 0 Å². The Morgan fingerprint density at radius 3 is 2.53 bits per heavy atom. The van der Waals surface area contributed by atoms with Crippen molar-refractivity contribution in [3.05, 3.63) is 112 Å². The van der Waals surface area contributed by atoms with Crippen molar-refractivity contribution in [3.63, 3.8) is 0 Å². The SMILES string of the molecule is O=C1c2sccc2OC12C(c1cccnc1)C(c1ccc(Cl)cc1)=NN2c1ccccc1. The Hall–Kier alpha value is -3.48. The van der Waals surface area contributed by atoms with E-state index < -0.39 is 11.6 Å². The zero-order chi connectivity index (χ0) is 21.7. The van der Waals surface area contributed by atoms with Gasteiger partial charge in [-0.2, -0.15) is 5.10 Å². The van der Waals surface area contributed by atoms with Gasteiger partial charge in [0.1, 0.15) is 10.6 Å². The zero-order valence-corrected chi connectivity index (χ0v) is 18.3. The summed E-state index contributed by atoms with van der Waals surface area (Å²) in [5, 5.41) is 9.23. The maximum atomic E-state index is 14.0. The Kier molecular flexibility index (Phi) is 4.38. The second kappa shape index (κ2) is 7.29. The van der Waals surface area contributed by atoms with Crippen molar-refractivity contribution in [2.75, 3.05) is 5.01 Å². The highest BCUT2D eigenvalue weighted by Crippen LogP contribution is 2.52. The van der Waals surface area contributed by atoms with Crippen LogP contribution < -0.4 is 9.75 Å². The standard InChI is InChI=1S/C25H16ClN3O2S/c26-18-10-8-16(9-11-18)22-21(17-5-4-13-27-15-17)25(24(30)23-20(31-25)12-14-32-23)29(28-22)19-6-2-1-3-7-19/h1-15,21H. The molecule has 32 heavy (non-hydrogen) atoms. The summed E-state index contributed by atoms with van der Waals surface area (Å²) < 4.78 is 6.54. The molecule has 2 aliphatic heterocycles. The average Bonchev–Trinajstić information content (AvgIpc) is 3.50. The van der Waals surface area contributed by atoms with Crippen molar-refractivity contribution in [2.24, 2.45) is 5.10 Å². The maximum absolute atomic E-state index is 14.0. The lowest BCUT2D eigenvalue weighted by Crippen LogP contribution is -2.56. The number of carbonyl (C=O) groups excluding carboxylic acids is 1. The summed E-state index contributed by atoms with van der Waals surface area (Å²) in [6.07, 6.45) is 3.49. The van der Waals surface area contributed by atoms with Crippen molar-refractivity contribution in [1.82, 2.24) is 4.98 Å². The molecule has 0 bridgehead atoms. The van der Waals surface area contributed by atoms with Gasteiger partial charge in [0.15, 0.2) is 0 Å². The Bertz CT molecular complexity index is 1340. The van der Waals surface area contributed by atoms with E-state index in [1.165, 1.54) is 11.3 Å². The van der Waals surface area contributed by atoms with E-state index in [0.29, 0.717) is 15.6 Å². The first kappa shape index (κ1) is 19.2. The van der Waals surface area contributed by atoms with Crippen molar-refractivity contribution >= 4 is 40.1 Å². The molecule has 0 saturated carbocycles. The number of nitrogens with zero attached hydrogens (tertiary/aromatic N) is 3. The fraction of sp³-hybridized carbons (Fsp3) is 0.0800. The van der Waals surface area contributed by atoms with Gasteiger partial charge in [-0.1, -0.05) is 48.0 Å². The van der Waals surface area contributed by atoms with Crippen LogP contribution in [0.3, 0.4) is 0 Å². The number of pyridine rings is 1. The average molecular weight is 458 g/mol. The number of anilines is 1. The summed E-state index contributed by atoms with van der Waals surface area (Å²) in [4.78, 5) is 18.9. The molecule has 6 rings (SSSR count). The van der Waals surface area contributed by atoms with E-state index in [-0.39, 0.29) is 5.78 Å². The van der Waals surface area contributed by atoms with Crippen LogP contribution in [0.15, 0.2) is 95.7 Å². The minimum absolute atomic E-state index is 0.104. The number of Topliss-reactive ketones (excluding diaryl/α,β-unsaturated/α-hetero) is 1. The van der Waals surface area contributed by atoms with Gasteiger partial charge in [-0.15, -0.1) is 11.3 Å². The number of halogens is 1. The molecule has 2 aliphatic rings. The summed E-state index contributed by atoms with van der Waals surface area (Å²) in [7, 11) is 0. The number of aromatic nitrogens is 1. The number of carbonyl (C=O) groups is 1. The molecule has 0 aliphatic carbocycles. The monoisotopic (exact) mass is 457 g/mol. The second-order valence-electron chi connectivity index (χ2n) is 7.60. The number of thiophene rings is 1. The lowest BCUT2D eigenvalue weighted by Gasteiger charge is -2.36. The van der Waals surface area contributed by atoms with Crippen LogP contribution in [0.5, 0.6) is 5.75 Å². The number of para-hydroxylation sites is 1. The molecule has 156 valence electrons. The fourth-order valence-corrected chi connectivity index (χ4v) is 5.32. The molecule has 0 amide bonds. The number of hydrogen-bond donors (Lipinski definition) is 0. The molecule has 4 aromatic rings. The molecule has 2 aromatic heterocycles. The highest BCUT2D eigenvalue weighted by atomic mass is 35.5. The number of benzene rings is 2. The van der Waals surface area contributed by atoms with E-state index in [1.54, 1.807) is 17.4 Å². The van der Waals surface area contributed by atoms with Gasteiger partial charge in [0.2, 0.25) is 5.78 Å². The number of hydrazone groups is 1. The van der Waals surface area contributed by atoms with Gasteiger partial charge in [-0.3, -0.25) is 9.78 Å². The van der Waals surface area contributed by atoms with Gasteiger partial charge >= 0.3 is 0 Å². The largest absolute Gasteiger partial charge is 0.455 e. The molecule has 0 N–H and O–H groups in total. The predicted octanol–water partition coefficient (Wildman–Crippen LogP) is 5.78. The number of ketones is 1. The van der Waals surface area contributed by atoms with Crippen molar-refractivity contribution in [3.8, 4) is 5.75 Å². The number of fused-ring (bicyclic) bond motifs is 1. The van der Waals surface area contributed by atoms with Crippen LogP contribution in [-0.2, 0) is 0 Å². The van der Waals surface area contributed by atoms with Crippen LogP contribution in [0.2, 0.25) is 5.02 Å². The van der Waals surface area contributed by atoms with E-state index in [4.69, 9.17) is 21.4 Å². The van der Waals surface area contributed by atoms with E-state index in [0.717, 1.165) is 22.5 Å². The van der Waals surface area contributed by atoms with Gasteiger partial charge in [-0.25, -0.2) is 5.01 Å². The molecule has 2 atom stereocenters. The molecule has 2 aromatic carbocycles. The van der Waals surface area contributed by atoms with Crippen LogP contribution in [0.4, 0.5) is 5.69 Å². The van der Waals surface area contributed by atoms with Crippen LogP contribution in [0.1, 0.15) is 26.7 Å². The maximum Gasteiger partial charge on any atom is 0.279 e. The smallest absolute Gasteiger partial charge is 0.279 e. The van der Waals surface area contributed by atoms with Gasteiger partial charge < -0.3 is 4.74 Å². The van der Waals surface area contributed by atoms with Crippen molar-refractivity contribution in [2.45, 2.75) is 11.6 Å². The minimum atomic E-state index is -1.37. The van der Waals surface area contributed by atoms with Gasteiger partial charge in [0.25, 0.3) is 5.72 Å². The predicted molar refractivity (Wildman–Crippen MR) is 126 cm³/mol. The molecular weight excluding hydrogens is 442 g/mol. The van der Waals surface area contributed by atoms with E-state index in [1.807, 2.05) is 78.2 Å². The molecule has 0 saturated heterocycles. The first-order chi connectivity index (χ1) is 15.7. The molecule has 2 unspecified atom stereocenters. The lowest BCUT2D eigenvalue weighted by atomic mass is 9.81. The third-order valence-electron chi connectivity index (χ3n) is 5.77. The van der Waals surface area contributed by atoms with Crippen LogP contribution in [-0.4, -0.2) is 22.2 Å². The molecule has 1 spiro atoms. The summed E-state index contributed by atoms with van der Waals surface area (Å²) in [6, 6.07) is 22.8.